The molecule has 1 aliphatic carbocycles. The standard InChI is InChI=1S/C16H16N4O3/c21-15(10-5-1-2-6-11(10)16(22)23)20-19-14-12-7-3-4-8-13(12)17-9-18-14/h1-4,7-11H,5-6H2,(H,20,21)(H,22,23)(H,17,18,19)/p-1/t10-,11-/m1/s1. The maximum atomic E-state index is 12.3. The van der Waals surface area contributed by atoms with E-state index in [-0.39, 0.29) is 0 Å². The number of aromatic nitrogens is 2. The Kier molecular flexibility index (Phi) is 4.18. The Morgan fingerprint density at radius 2 is 1.83 bits per heavy atom. The van der Waals surface area contributed by atoms with E-state index in [4.69, 9.17) is 0 Å². The Labute approximate surface area is 132 Å². The number of nitrogens with one attached hydrogen (secondary N) is 2. The normalized spacial score (nSPS) is 20.2. The molecule has 7 heteroatoms. The SMILES string of the molecule is O=C([O-])[C@@H]1CC=CC[C@H]1C(=O)NNc1ncnc2ccccc12. The molecule has 1 aromatic carbocycles. The number of carboxylic acids is 1. The minimum Gasteiger partial charge on any atom is -0.550 e. The molecule has 7 nitrogen and oxygen atoms in total. The summed E-state index contributed by atoms with van der Waals surface area (Å²) in [6, 6.07) is 7.37. The molecule has 0 saturated carbocycles. The van der Waals surface area contributed by atoms with Crippen LogP contribution < -0.4 is 16.0 Å². The minimum absolute atomic E-state index is 0.302. The maximum Gasteiger partial charge on any atom is 0.242 e. The molecular weight excluding hydrogens is 296 g/mol. The zero-order valence-corrected chi connectivity index (χ0v) is 12.2. The molecule has 0 bridgehead atoms. The van der Waals surface area contributed by atoms with Crippen molar-refractivity contribution in [2.45, 2.75) is 12.8 Å². The largest absolute Gasteiger partial charge is 0.550 e. The molecule has 2 atom stereocenters. The number of carbonyl (C=O) groups excluding carboxylic acids is 2. The van der Waals surface area contributed by atoms with Crippen LogP contribution in [0.4, 0.5) is 5.82 Å². The number of amides is 1. The third-order valence-corrected chi connectivity index (χ3v) is 3.92. The Morgan fingerprint density at radius 3 is 2.61 bits per heavy atom. The second-order valence-electron chi connectivity index (χ2n) is 5.33. The van der Waals surface area contributed by atoms with Crippen LogP contribution in [0.2, 0.25) is 0 Å². The van der Waals surface area contributed by atoms with Gasteiger partial charge >= 0.3 is 0 Å². The number of anilines is 1. The summed E-state index contributed by atoms with van der Waals surface area (Å²) in [5, 5.41) is 11.9. The summed E-state index contributed by atoms with van der Waals surface area (Å²) in [4.78, 5) is 31.7. The Bertz CT molecular complexity index is 770. The highest BCUT2D eigenvalue weighted by Crippen LogP contribution is 2.25. The van der Waals surface area contributed by atoms with Gasteiger partial charge < -0.3 is 9.90 Å². The molecule has 1 amide bonds. The number of hydrogen-bond acceptors (Lipinski definition) is 6. The molecule has 0 radical (unpaired) electrons. The average Bonchev–Trinajstić information content (AvgIpc) is 2.59. The monoisotopic (exact) mass is 311 g/mol. The number of para-hydroxylation sites is 1. The van der Waals surface area contributed by atoms with E-state index in [0.717, 1.165) is 10.9 Å². The van der Waals surface area contributed by atoms with Crippen molar-refractivity contribution >= 4 is 28.6 Å². The number of allylic oxidation sites excluding steroid dienone is 2. The summed E-state index contributed by atoms with van der Waals surface area (Å²) >= 11 is 0. The highest BCUT2D eigenvalue weighted by molar-refractivity contribution is 5.90. The number of rotatable bonds is 4. The van der Waals surface area contributed by atoms with Crippen molar-refractivity contribution in [3.63, 3.8) is 0 Å². The van der Waals surface area contributed by atoms with E-state index in [1.165, 1.54) is 6.33 Å². The van der Waals surface area contributed by atoms with Gasteiger partial charge in [-0.15, -0.1) is 0 Å². The van der Waals surface area contributed by atoms with Crippen LogP contribution in [0.5, 0.6) is 0 Å². The fourth-order valence-corrected chi connectivity index (χ4v) is 2.68. The van der Waals surface area contributed by atoms with E-state index < -0.39 is 23.7 Å². The van der Waals surface area contributed by atoms with Gasteiger partial charge in [0, 0.05) is 17.3 Å². The molecule has 2 N–H and O–H groups in total. The summed E-state index contributed by atoms with van der Waals surface area (Å²) in [5.41, 5.74) is 6.04. The highest BCUT2D eigenvalue weighted by Gasteiger charge is 2.29. The van der Waals surface area contributed by atoms with E-state index in [1.807, 2.05) is 30.3 Å². The van der Waals surface area contributed by atoms with Crippen LogP contribution in [0, 0.1) is 11.8 Å². The van der Waals surface area contributed by atoms with Crippen LogP contribution >= 0.6 is 0 Å². The molecule has 1 aromatic heterocycles. The summed E-state index contributed by atoms with van der Waals surface area (Å²) < 4.78 is 0. The molecule has 0 aliphatic heterocycles. The molecule has 1 heterocycles. The van der Waals surface area contributed by atoms with Gasteiger partial charge in [-0.3, -0.25) is 15.6 Å². The third kappa shape index (κ3) is 3.13. The highest BCUT2D eigenvalue weighted by atomic mass is 16.4. The molecule has 0 unspecified atom stereocenters. The topological polar surface area (TPSA) is 107 Å². The number of carboxylic acid groups (broad SMARTS) is 1. The quantitative estimate of drug-likeness (QED) is 0.625. The van der Waals surface area contributed by atoms with Gasteiger partial charge in [0.1, 0.15) is 6.33 Å². The average molecular weight is 311 g/mol. The molecule has 2 aromatic rings. The first-order valence-corrected chi connectivity index (χ1v) is 7.28. The summed E-state index contributed by atoms with van der Waals surface area (Å²) in [6.07, 6.45) is 5.64. The van der Waals surface area contributed by atoms with Crippen LogP contribution in [-0.2, 0) is 9.59 Å². The summed E-state index contributed by atoms with van der Waals surface area (Å²) in [5.74, 6) is -2.62. The van der Waals surface area contributed by atoms with Crippen LogP contribution in [0.3, 0.4) is 0 Å². The number of hydrazine groups is 1. The van der Waals surface area contributed by atoms with Crippen LogP contribution in [0.15, 0.2) is 42.7 Å². The van der Waals surface area contributed by atoms with Gasteiger partial charge in [0.2, 0.25) is 5.91 Å². The first-order chi connectivity index (χ1) is 11.2. The summed E-state index contributed by atoms with van der Waals surface area (Å²) in [7, 11) is 0. The van der Waals surface area contributed by atoms with Gasteiger partial charge in [0.05, 0.1) is 11.4 Å². The summed E-state index contributed by atoms with van der Waals surface area (Å²) in [6.45, 7) is 0. The lowest BCUT2D eigenvalue weighted by molar-refractivity contribution is -0.313. The predicted octanol–water partition coefficient (Wildman–Crippen LogP) is 0.405. The maximum absolute atomic E-state index is 12.3. The Hall–Kier alpha value is -2.96. The van der Waals surface area contributed by atoms with E-state index in [1.54, 1.807) is 6.08 Å². The second-order valence-corrected chi connectivity index (χ2v) is 5.33. The van der Waals surface area contributed by atoms with Crippen molar-refractivity contribution in [3.05, 3.63) is 42.7 Å². The molecular formula is C16H15N4O3-. The van der Waals surface area contributed by atoms with Crippen molar-refractivity contribution in [3.8, 4) is 0 Å². The van der Waals surface area contributed by atoms with E-state index in [2.05, 4.69) is 20.8 Å². The minimum atomic E-state index is -1.21. The fraction of sp³-hybridized carbons (Fsp3) is 0.250. The molecule has 0 saturated heterocycles. The van der Waals surface area contributed by atoms with Crippen molar-refractivity contribution in [1.82, 2.24) is 15.4 Å². The van der Waals surface area contributed by atoms with Gasteiger partial charge in [0.15, 0.2) is 5.82 Å². The lowest BCUT2D eigenvalue weighted by Crippen LogP contribution is -2.45. The number of aliphatic carboxylic acids is 1. The van der Waals surface area contributed by atoms with Gasteiger partial charge in [-0.2, -0.15) is 0 Å². The zero-order valence-electron chi connectivity index (χ0n) is 12.2. The van der Waals surface area contributed by atoms with Crippen molar-refractivity contribution < 1.29 is 14.7 Å². The van der Waals surface area contributed by atoms with E-state index in [0.29, 0.717) is 18.7 Å². The van der Waals surface area contributed by atoms with Crippen LogP contribution in [-0.4, -0.2) is 21.8 Å². The lowest BCUT2D eigenvalue weighted by Gasteiger charge is -2.28. The molecule has 118 valence electrons. The van der Waals surface area contributed by atoms with Gasteiger partial charge in [-0.1, -0.05) is 24.3 Å². The number of nitrogens with zero attached hydrogens (tertiary/aromatic N) is 2. The molecule has 0 spiro atoms. The number of benzene rings is 1. The van der Waals surface area contributed by atoms with E-state index in [9.17, 15) is 14.7 Å². The predicted molar refractivity (Wildman–Crippen MR) is 81.7 cm³/mol. The first-order valence-electron chi connectivity index (χ1n) is 7.28. The van der Waals surface area contributed by atoms with Crippen molar-refractivity contribution in [1.29, 1.82) is 0 Å². The Morgan fingerprint density at radius 1 is 1.09 bits per heavy atom. The van der Waals surface area contributed by atoms with Crippen LogP contribution in [0.25, 0.3) is 10.9 Å². The Balaban J connectivity index is 1.73. The van der Waals surface area contributed by atoms with Gasteiger partial charge in [0.25, 0.3) is 0 Å². The number of fused-ring (bicyclic) bond motifs is 1. The molecule has 1 aliphatic rings. The fourth-order valence-electron chi connectivity index (χ4n) is 2.68. The molecule has 3 rings (SSSR count). The van der Waals surface area contributed by atoms with Crippen LogP contribution in [0.1, 0.15) is 12.8 Å². The van der Waals surface area contributed by atoms with E-state index >= 15 is 0 Å². The first kappa shape index (κ1) is 15.0. The zero-order chi connectivity index (χ0) is 16.2. The number of hydrogen-bond donors (Lipinski definition) is 2. The lowest BCUT2D eigenvalue weighted by atomic mass is 9.82. The smallest absolute Gasteiger partial charge is 0.242 e. The second kappa shape index (κ2) is 6.43. The van der Waals surface area contributed by atoms with Gasteiger partial charge in [-0.25, -0.2) is 9.97 Å². The number of carbonyl (C=O) groups is 2. The van der Waals surface area contributed by atoms with Crippen molar-refractivity contribution in [2.75, 3.05) is 5.43 Å². The molecule has 23 heavy (non-hydrogen) atoms. The molecule has 0 fully saturated rings. The third-order valence-electron chi connectivity index (χ3n) is 3.92. The van der Waals surface area contributed by atoms with Gasteiger partial charge in [-0.05, 0) is 25.0 Å². The van der Waals surface area contributed by atoms with Crippen molar-refractivity contribution in [2.24, 2.45) is 11.8 Å².